The van der Waals surface area contributed by atoms with E-state index in [4.69, 9.17) is 4.74 Å². The zero-order chi connectivity index (χ0) is 12.0. The van der Waals surface area contributed by atoms with Gasteiger partial charge in [0.15, 0.2) is 0 Å². The third-order valence-corrected chi connectivity index (χ3v) is 2.12. The zero-order valence-electron chi connectivity index (χ0n) is 9.53. The fraction of sp³-hybridized carbons (Fsp3) is 0.455. The summed E-state index contributed by atoms with van der Waals surface area (Å²) in [5.41, 5.74) is 0.478. The molecule has 5 heteroatoms. The van der Waals surface area contributed by atoms with E-state index in [1.165, 1.54) is 4.90 Å². The predicted molar refractivity (Wildman–Crippen MR) is 59.0 cm³/mol. The van der Waals surface area contributed by atoms with E-state index in [2.05, 4.69) is 4.98 Å². The molecule has 0 aliphatic carbocycles. The van der Waals surface area contributed by atoms with Crippen LogP contribution in [-0.4, -0.2) is 41.5 Å². The van der Waals surface area contributed by atoms with Crippen molar-refractivity contribution < 1.29 is 14.3 Å². The van der Waals surface area contributed by atoms with Crippen molar-refractivity contribution in [2.75, 3.05) is 19.7 Å². The number of carbonyl (C=O) groups excluding carboxylic acids is 2. The molecule has 0 saturated heterocycles. The van der Waals surface area contributed by atoms with Gasteiger partial charge >= 0.3 is 5.97 Å². The molecule has 0 spiro atoms. The van der Waals surface area contributed by atoms with E-state index >= 15 is 0 Å². The van der Waals surface area contributed by atoms with E-state index in [1.807, 2.05) is 6.92 Å². The molecule has 0 aliphatic heterocycles. The lowest BCUT2D eigenvalue weighted by Crippen LogP contribution is -2.36. The van der Waals surface area contributed by atoms with Crippen LogP contribution >= 0.6 is 0 Å². The number of nitrogens with one attached hydrogen (secondary N) is 1. The summed E-state index contributed by atoms with van der Waals surface area (Å²) in [5, 5.41) is 0. The van der Waals surface area contributed by atoms with Crippen molar-refractivity contribution in [2.45, 2.75) is 13.8 Å². The molecule has 0 bridgehead atoms. The highest BCUT2D eigenvalue weighted by Gasteiger charge is 2.18. The summed E-state index contributed by atoms with van der Waals surface area (Å²) in [6, 6.07) is 3.42. The Balaban J connectivity index is 2.61. The lowest BCUT2D eigenvalue weighted by Gasteiger charge is -2.18. The normalized spacial score (nSPS) is 9.88. The maximum absolute atomic E-state index is 11.9. The van der Waals surface area contributed by atoms with Gasteiger partial charge in [-0.05, 0) is 26.0 Å². The van der Waals surface area contributed by atoms with Crippen molar-refractivity contribution in [1.82, 2.24) is 9.88 Å². The van der Waals surface area contributed by atoms with Crippen molar-refractivity contribution in [3.05, 3.63) is 24.0 Å². The molecule has 1 aromatic heterocycles. The molecular formula is C11H16N2O3. The Kier molecular flexibility index (Phi) is 4.57. The van der Waals surface area contributed by atoms with Gasteiger partial charge in [-0.2, -0.15) is 0 Å². The first-order valence-corrected chi connectivity index (χ1v) is 5.27. The number of H-pyrrole nitrogens is 1. The Labute approximate surface area is 94.4 Å². The van der Waals surface area contributed by atoms with Crippen LogP contribution in [0.5, 0.6) is 0 Å². The monoisotopic (exact) mass is 224 g/mol. The standard InChI is InChI=1S/C11H16N2O3/c1-3-13(8-10(14)16-4-2)11(15)9-6-5-7-12-9/h5-7,12H,3-4,8H2,1-2H3. The second-order valence-corrected chi connectivity index (χ2v) is 3.21. The van der Waals surface area contributed by atoms with Gasteiger partial charge < -0.3 is 14.6 Å². The average molecular weight is 224 g/mol. The Morgan fingerprint density at radius 3 is 2.69 bits per heavy atom. The van der Waals surface area contributed by atoms with Crippen LogP contribution in [0.15, 0.2) is 18.3 Å². The molecule has 1 aromatic rings. The molecule has 0 fully saturated rings. The number of amides is 1. The van der Waals surface area contributed by atoms with Gasteiger partial charge in [0.25, 0.3) is 5.91 Å². The number of hydrogen-bond acceptors (Lipinski definition) is 3. The van der Waals surface area contributed by atoms with Crippen LogP contribution in [0.25, 0.3) is 0 Å². The Bertz CT molecular complexity index is 346. The number of esters is 1. The molecule has 1 amide bonds. The zero-order valence-corrected chi connectivity index (χ0v) is 9.53. The van der Waals surface area contributed by atoms with Gasteiger partial charge in [0, 0.05) is 12.7 Å². The fourth-order valence-electron chi connectivity index (χ4n) is 1.32. The minimum atomic E-state index is -0.385. The van der Waals surface area contributed by atoms with E-state index in [9.17, 15) is 9.59 Å². The second-order valence-electron chi connectivity index (χ2n) is 3.21. The van der Waals surface area contributed by atoms with Gasteiger partial charge in [0.1, 0.15) is 12.2 Å². The molecule has 0 radical (unpaired) electrons. The highest BCUT2D eigenvalue weighted by atomic mass is 16.5. The molecule has 0 aromatic carbocycles. The van der Waals surface area contributed by atoms with Crippen LogP contribution in [0.4, 0.5) is 0 Å². The van der Waals surface area contributed by atoms with Crippen LogP contribution in [0.1, 0.15) is 24.3 Å². The molecule has 0 atom stereocenters. The minimum Gasteiger partial charge on any atom is -0.465 e. The summed E-state index contributed by atoms with van der Waals surface area (Å²) >= 11 is 0. The summed E-state index contributed by atoms with van der Waals surface area (Å²) in [7, 11) is 0. The number of likely N-dealkylation sites (N-methyl/N-ethyl adjacent to an activating group) is 1. The van der Waals surface area contributed by atoms with Crippen LogP contribution in [0.3, 0.4) is 0 Å². The third-order valence-electron chi connectivity index (χ3n) is 2.12. The lowest BCUT2D eigenvalue weighted by atomic mass is 10.3. The predicted octanol–water partition coefficient (Wildman–Crippen LogP) is 1.04. The number of ether oxygens (including phenoxy) is 1. The number of rotatable bonds is 5. The number of aromatic nitrogens is 1. The van der Waals surface area contributed by atoms with Gasteiger partial charge in [0.05, 0.1) is 6.61 Å². The van der Waals surface area contributed by atoms with Crippen molar-refractivity contribution in [1.29, 1.82) is 0 Å². The number of carbonyl (C=O) groups is 2. The van der Waals surface area contributed by atoms with Gasteiger partial charge in [-0.25, -0.2) is 0 Å². The molecule has 1 rings (SSSR count). The highest BCUT2D eigenvalue weighted by Crippen LogP contribution is 2.02. The number of nitrogens with zero attached hydrogens (tertiary/aromatic N) is 1. The van der Waals surface area contributed by atoms with Gasteiger partial charge in [-0.3, -0.25) is 9.59 Å². The van der Waals surface area contributed by atoms with Gasteiger partial charge in [-0.1, -0.05) is 0 Å². The molecule has 88 valence electrons. The summed E-state index contributed by atoms with van der Waals surface area (Å²) in [6.07, 6.45) is 1.67. The lowest BCUT2D eigenvalue weighted by molar-refractivity contribution is -0.143. The first-order valence-electron chi connectivity index (χ1n) is 5.27. The topological polar surface area (TPSA) is 62.4 Å². The van der Waals surface area contributed by atoms with Crippen molar-refractivity contribution in [3.8, 4) is 0 Å². The summed E-state index contributed by atoms with van der Waals surface area (Å²) in [5.74, 6) is -0.579. The van der Waals surface area contributed by atoms with Gasteiger partial charge in [0.2, 0.25) is 0 Å². The first kappa shape index (κ1) is 12.3. The summed E-state index contributed by atoms with van der Waals surface area (Å²) in [4.78, 5) is 27.4. The highest BCUT2D eigenvalue weighted by molar-refractivity contribution is 5.94. The van der Waals surface area contributed by atoms with Crippen molar-refractivity contribution >= 4 is 11.9 Å². The van der Waals surface area contributed by atoms with Crippen molar-refractivity contribution in [3.63, 3.8) is 0 Å². The molecule has 1 heterocycles. The maximum Gasteiger partial charge on any atom is 0.325 e. The summed E-state index contributed by atoms with van der Waals surface area (Å²) in [6.45, 7) is 4.34. The van der Waals surface area contributed by atoms with Gasteiger partial charge in [-0.15, -0.1) is 0 Å². The molecule has 16 heavy (non-hydrogen) atoms. The van der Waals surface area contributed by atoms with E-state index in [1.54, 1.807) is 25.3 Å². The van der Waals surface area contributed by atoms with E-state index < -0.39 is 0 Å². The Morgan fingerprint density at radius 1 is 1.44 bits per heavy atom. The smallest absolute Gasteiger partial charge is 0.325 e. The largest absolute Gasteiger partial charge is 0.465 e. The van der Waals surface area contributed by atoms with Crippen molar-refractivity contribution in [2.24, 2.45) is 0 Å². The second kappa shape index (κ2) is 5.95. The summed E-state index contributed by atoms with van der Waals surface area (Å²) < 4.78 is 4.80. The van der Waals surface area contributed by atoms with Crippen LogP contribution in [-0.2, 0) is 9.53 Å². The molecule has 0 unspecified atom stereocenters. The van der Waals surface area contributed by atoms with Crippen LogP contribution in [0.2, 0.25) is 0 Å². The molecule has 5 nitrogen and oxygen atoms in total. The van der Waals surface area contributed by atoms with Crippen LogP contribution < -0.4 is 0 Å². The van der Waals surface area contributed by atoms with E-state index in [0.29, 0.717) is 18.8 Å². The maximum atomic E-state index is 11.9. The Hall–Kier alpha value is -1.78. The quantitative estimate of drug-likeness (QED) is 0.760. The minimum absolute atomic E-state index is 0.0117. The molecular weight excluding hydrogens is 208 g/mol. The average Bonchev–Trinajstić information content (AvgIpc) is 2.78. The molecule has 1 N–H and O–H groups in total. The van der Waals surface area contributed by atoms with E-state index in [-0.39, 0.29) is 18.4 Å². The SMILES string of the molecule is CCOC(=O)CN(CC)C(=O)c1ccc[nH]1. The Morgan fingerprint density at radius 2 is 2.19 bits per heavy atom. The number of hydrogen-bond donors (Lipinski definition) is 1. The number of aromatic amines is 1. The first-order chi connectivity index (χ1) is 7.69. The molecule has 0 aliphatic rings. The van der Waals surface area contributed by atoms with E-state index in [0.717, 1.165) is 0 Å². The third kappa shape index (κ3) is 3.12. The van der Waals surface area contributed by atoms with Crippen LogP contribution in [0, 0.1) is 0 Å². The fourth-order valence-corrected chi connectivity index (χ4v) is 1.32. The molecule has 0 saturated carbocycles.